The number of benzene rings is 2. The molecule has 0 fully saturated rings. The second-order valence-corrected chi connectivity index (χ2v) is 7.40. The number of halogens is 1. The third-order valence-corrected chi connectivity index (χ3v) is 4.74. The van der Waals surface area contributed by atoms with E-state index in [1.54, 1.807) is 19.2 Å². The summed E-state index contributed by atoms with van der Waals surface area (Å²) in [5.41, 5.74) is 1.47. The van der Waals surface area contributed by atoms with E-state index in [4.69, 9.17) is 9.47 Å². The molecule has 160 valence electrons. The summed E-state index contributed by atoms with van der Waals surface area (Å²) in [4.78, 5) is 25.9. The van der Waals surface area contributed by atoms with Crippen molar-refractivity contribution < 1.29 is 19.1 Å². The molecule has 0 aliphatic heterocycles. The molecule has 0 saturated heterocycles. The van der Waals surface area contributed by atoms with Gasteiger partial charge in [-0.05, 0) is 65.2 Å². The Balaban J connectivity index is 1.97. The first-order valence-corrected chi connectivity index (χ1v) is 10.6. The van der Waals surface area contributed by atoms with E-state index in [0.717, 1.165) is 16.5 Å². The minimum atomic E-state index is -0.276. The van der Waals surface area contributed by atoms with Gasteiger partial charge in [-0.1, -0.05) is 25.1 Å². The highest BCUT2D eigenvalue weighted by atomic mass is 79.9. The lowest BCUT2D eigenvalue weighted by molar-refractivity contribution is -0.129. The lowest BCUT2D eigenvalue weighted by Crippen LogP contribution is -2.33. The molecular formula is C23H27BrN2O4. The largest absolute Gasteiger partial charge is 0.490 e. The molecule has 0 spiro atoms. The standard InChI is InChI=1S/C23H27BrN2O4/c1-4-14-30-20-12-10-17(15-21(20)29-5-2)11-13-23(28)26(3)16-22(27)25-19-9-7-6-8-18(19)24/h6-13,15H,4-5,14,16H2,1-3H3,(H,25,27)/b13-11+. The maximum Gasteiger partial charge on any atom is 0.246 e. The van der Waals surface area contributed by atoms with Gasteiger partial charge in [-0.3, -0.25) is 9.59 Å². The Bertz CT molecular complexity index is 899. The Labute approximate surface area is 186 Å². The number of carbonyl (C=O) groups excluding carboxylic acids is 2. The number of hydrogen-bond acceptors (Lipinski definition) is 4. The zero-order chi connectivity index (χ0) is 21.9. The number of ether oxygens (including phenoxy) is 2. The normalized spacial score (nSPS) is 10.7. The molecule has 0 heterocycles. The van der Waals surface area contributed by atoms with Gasteiger partial charge in [0, 0.05) is 17.6 Å². The lowest BCUT2D eigenvalue weighted by Gasteiger charge is -2.15. The van der Waals surface area contributed by atoms with Crippen molar-refractivity contribution >= 4 is 39.5 Å². The second-order valence-electron chi connectivity index (χ2n) is 6.54. The third kappa shape index (κ3) is 7.22. The van der Waals surface area contributed by atoms with Crippen LogP contribution in [0.1, 0.15) is 25.8 Å². The molecule has 0 aliphatic carbocycles. The number of likely N-dealkylation sites (N-methyl/N-ethyl adjacent to an activating group) is 1. The molecule has 7 heteroatoms. The van der Waals surface area contributed by atoms with E-state index in [-0.39, 0.29) is 18.4 Å². The van der Waals surface area contributed by atoms with Gasteiger partial charge in [0.15, 0.2) is 11.5 Å². The summed E-state index contributed by atoms with van der Waals surface area (Å²) in [6, 6.07) is 12.8. The molecule has 0 atom stereocenters. The van der Waals surface area contributed by atoms with Crippen LogP contribution in [0.3, 0.4) is 0 Å². The summed E-state index contributed by atoms with van der Waals surface area (Å²) in [6.07, 6.45) is 4.03. The predicted molar refractivity (Wildman–Crippen MR) is 123 cm³/mol. The zero-order valence-electron chi connectivity index (χ0n) is 17.5. The number of hydrogen-bond donors (Lipinski definition) is 1. The van der Waals surface area contributed by atoms with Gasteiger partial charge in [0.1, 0.15) is 0 Å². The fourth-order valence-corrected chi connectivity index (χ4v) is 2.95. The summed E-state index contributed by atoms with van der Waals surface area (Å²) >= 11 is 3.38. The third-order valence-electron chi connectivity index (χ3n) is 4.05. The molecule has 0 unspecified atom stereocenters. The Morgan fingerprint density at radius 1 is 1.10 bits per heavy atom. The van der Waals surface area contributed by atoms with Crippen molar-refractivity contribution in [1.82, 2.24) is 4.90 Å². The van der Waals surface area contributed by atoms with Crippen molar-refractivity contribution in [3.05, 3.63) is 58.6 Å². The fraction of sp³-hybridized carbons (Fsp3) is 0.304. The van der Waals surface area contributed by atoms with Crippen LogP contribution in [0.2, 0.25) is 0 Å². The summed E-state index contributed by atoms with van der Waals surface area (Å²) < 4.78 is 12.1. The van der Waals surface area contributed by atoms with Gasteiger partial charge in [-0.2, -0.15) is 0 Å². The molecule has 2 amide bonds. The highest BCUT2D eigenvalue weighted by Gasteiger charge is 2.12. The number of amides is 2. The van der Waals surface area contributed by atoms with Crippen molar-refractivity contribution in [2.75, 3.05) is 32.1 Å². The van der Waals surface area contributed by atoms with Gasteiger partial charge in [-0.25, -0.2) is 0 Å². The van der Waals surface area contributed by atoms with Gasteiger partial charge in [-0.15, -0.1) is 0 Å². The molecule has 0 radical (unpaired) electrons. The van der Waals surface area contributed by atoms with Gasteiger partial charge >= 0.3 is 0 Å². The Kier molecular flexibility index (Phi) is 9.41. The molecule has 0 saturated carbocycles. The maximum atomic E-state index is 12.4. The van der Waals surface area contributed by atoms with E-state index in [9.17, 15) is 9.59 Å². The molecular weight excluding hydrogens is 448 g/mol. The van der Waals surface area contributed by atoms with Crippen molar-refractivity contribution in [3.8, 4) is 11.5 Å². The van der Waals surface area contributed by atoms with Crippen LogP contribution in [0.4, 0.5) is 5.69 Å². The van der Waals surface area contributed by atoms with Crippen molar-refractivity contribution in [1.29, 1.82) is 0 Å². The van der Waals surface area contributed by atoms with Crippen LogP contribution < -0.4 is 14.8 Å². The van der Waals surface area contributed by atoms with Crippen LogP contribution >= 0.6 is 15.9 Å². The van der Waals surface area contributed by atoms with Crippen molar-refractivity contribution in [2.24, 2.45) is 0 Å². The average Bonchev–Trinajstić information content (AvgIpc) is 2.73. The molecule has 0 aliphatic rings. The van der Waals surface area contributed by atoms with Gasteiger partial charge in [0.05, 0.1) is 25.4 Å². The Morgan fingerprint density at radius 2 is 1.87 bits per heavy atom. The van der Waals surface area contributed by atoms with Crippen molar-refractivity contribution in [3.63, 3.8) is 0 Å². The first-order chi connectivity index (χ1) is 14.4. The number of nitrogens with zero attached hydrogens (tertiary/aromatic N) is 1. The SMILES string of the molecule is CCCOc1ccc(/C=C/C(=O)N(C)CC(=O)Nc2ccccc2Br)cc1OCC. The number of anilines is 1. The average molecular weight is 475 g/mol. The summed E-state index contributed by atoms with van der Waals surface area (Å²) in [5.74, 6) is 0.772. The molecule has 2 aromatic rings. The number of nitrogens with one attached hydrogen (secondary N) is 1. The van der Waals surface area contributed by atoms with Crippen LogP contribution in [0, 0.1) is 0 Å². The summed E-state index contributed by atoms with van der Waals surface area (Å²) in [6.45, 7) is 5.02. The zero-order valence-corrected chi connectivity index (χ0v) is 19.1. The molecule has 2 aromatic carbocycles. The lowest BCUT2D eigenvalue weighted by atomic mass is 10.2. The second kappa shape index (κ2) is 12.0. The molecule has 0 aromatic heterocycles. The number of para-hydroxylation sites is 1. The topological polar surface area (TPSA) is 67.9 Å². The highest BCUT2D eigenvalue weighted by Crippen LogP contribution is 2.29. The van der Waals surface area contributed by atoms with E-state index in [1.165, 1.54) is 11.0 Å². The van der Waals surface area contributed by atoms with E-state index >= 15 is 0 Å². The highest BCUT2D eigenvalue weighted by molar-refractivity contribution is 9.10. The van der Waals surface area contributed by atoms with Gasteiger partial charge < -0.3 is 19.7 Å². The quantitative estimate of drug-likeness (QED) is 0.504. The first kappa shape index (κ1) is 23.5. The van der Waals surface area contributed by atoms with E-state index in [1.807, 2.05) is 50.2 Å². The van der Waals surface area contributed by atoms with Crippen LogP contribution in [0.15, 0.2) is 53.0 Å². The van der Waals surface area contributed by atoms with E-state index in [2.05, 4.69) is 21.2 Å². The van der Waals surface area contributed by atoms with Crippen LogP contribution in [-0.4, -0.2) is 43.5 Å². The maximum absolute atomic E-state index is 12.4. The van der Waals surface area contributed by atoms with Gasteiger partial charge in [0.2, 0.25) is 11.8 Å². The van der Waals surface area contributed by atoms with Crippen LogP contribution in [0.5, 0.6) is 11.5 Å². The minimum Gasteiger partial charge on any atom is -0.490 e. The van der Waals surface area contributed by atoms with Crippen molar-refractivity contribution in [2.45, 2.75) is 20.3 Å². The molecule has 1 N–H and O–H groups in total. The summed E-state index contributed by atoms with van der Waals surface area (Å²) in [7, 11) is 1.58. The van der Waals surface area contributed by atoms with Crippen LogP contribution in [0.25, 0.3) is 6.08 Å². The fourth-order valence-electron chi connectivity index (χ4n) is 2.57. The minimum absolute atomic E-state index is 0.0570. The Morgan fingerprint density at radius 3 is 2.57 bits per heavy atom. The van der Waals surface area contributed by atoms with E-state index < -0.39 is 0 Å². The molecule has 30 heavy (non-hydrogen) atoms. The smallest absolute Gasteiger partial charge is 0.246 e. The van der Waals surface area contributed by atoms with E-state index in [0.29, 0.717) is 30.4 Å². The predicted octanol–water partition coefficient (Wildman–Crippen LogP) is 4.75. The molecule has 6 nitrogen and oxygen atoms in total. The van der Waals surface area contributed by atoms with Crippen LogP contribution in [-0.2, 0) is 9.59 Å². The monoisotopic (exact) mass is 474 g/mol. The first-order valence-electron chi connectivity index (χ1n) is 9.81. The number of rotatable bonds is 10. The molecule has 2 rings (SSSR count). The van der Waals surface area contributed by atoms with Gasteiger partial charge in [0.25, 0.3) is 0 Å². The Hall–Kier alpha value is -2.80. The molecule has 0 bridgehead atoms. The summed E-state index contributed by atoms with van der Waals surface area (Å²) in [5, 5.41) is 2.78. The number of carbonyl (C=O) groups is 2.